The number of carbonyl (C=O) groups is 1. The van der Waals surface area contributed by atoms with Gasteiger partial charge in [-0.05, 0) is 31.4 Å². The SMILES string of the molecule is CSc1nc(Cl)cc(N2CCC(CN3CCCC3=O)CC2)n1. The predicted octanol–water partition coefficient (Wildman–Crippen LogP) is 2.69. The summed E-state index contributed by atoms with van der Waals surface area (Å²) in [6.07, 6.45) is 5.90. The van der Waals surface area contributed by atoms with Crippen molar-refractivity contribution in [1.82, 2.24) is 14.9 Å². The van der Waals surface area contributed by atoms with Gasteiger partial charge in [0.25, 0.3) is 0 Å². The van der Waals surface area contributed by atoms with Crippen LogP contribution in [0.4, 0.5) is 5.82 Å². The molecular formula is C15H21ClN4OS. The van der Waals surface area contributed by atoms with Crippen molar-refractivity contribution in [2.75, 3.05) is 37.3 Å². The highest BCUT2D eigenvalue weighted by Crippen LogP contribution is 2.26. The summed E-state index contributed by atoms with van der Waals surface area (Å²) in [7, 11) is 0. The smallest absolute Gasteiger partial charge is 0.222 e. The summed E-state index contributed by atoms with van der Waals surface area (Å²) in [4.78, 5) is 24.8. The first-order valence-corrected chi connectivity index (χ1v) is 9.37. The number of carbonyl (C=O) groups excluding carboxylic acids is 1. The van der Waals surface area contributed by atoms with Crippen LogP contribution in [0.25, 0.3) is 0 Å². The molecule has 1 aromatic heterocycles. The molecule has 1 aromatic rings. The van der Waals surface area contributed by atoms with E-state index in [2.05, 4.69) is 14.9 Å². The number of thioether (sulfide) groups is 1. The number of nitrogens with zero attached hydrogens (tertiary/aromatic N) is 4. The molecule has 0 N–H and O–H groups in total. The molecule has 0 aromatic carbocycles. The van der Waals surface area contributed by atoms with E-state index in [1.807, 2.05) is 17.2 Å². The molecule has 2 aliphatic rings. The molecule has 0 saturated carbocycles. The minimum Gasteiger partial charge on any atom is -0.356 e. The van der Waals surface area contributed by atoms with Crippen LogP contribution in [-0.4, -0.2) is 53.2 Å². The molecule has 22 heavy (non-hydrogen) atoms. The maximum Gasteiger partial charge on any atom is 0.222 e. The molecule has 7 heteroatoms. The summed E-state index contributed by atoms with van der Waals surface area (Å²) >= 11 is 7.58. The highest BCUT2D eigenvalue weighted by molar-refractivity contribution is 7.98. The number of hydrogen-bond donors (Lipinski definition) is 0. The summed E-state index contributed by atoms with van der Waals surface area (Å²) in [5.74, 6) is 1.85. The van der Waals surface area contributed by atoms with Crippen molar-refractivity contribution in [2.45, 2.75) is 30.8 Å². The zero-order valence-electron chi connectivity index (χ0n) is 12.8. The summed E-state index contributed by atoms with van der Waals surface area (Å²) in [6.45, 7) is 3.80. The average molecular weight is 341 g/mol. The van der Waals surface area contributed by atoms with E-state index < -0.39 is 0 Å². The number of amides is 1. The van der Waals surface area contributed by atoms with E-state index in [1.54, 1.807) is 0 Å². The standard InChI is InChI=1S/C15H21ClN4OS/c1-22-15-17-12(16)9-13(18-15)19-7-4-11(5-8-19)10-20-6-2-3-14(20)21/h9,11H,2-8,10H2,1H3. The second-order valence-corrected chi connectivity index (χ2v) is 7.07. The van der Waals surface area contributed by atoms with Crippen molar-refractivity contribution in [3.63, 3.8) is 0 Å². The minimum atomic E-state index is 0.328. The molecule has 5 nitrogen and oxygen atoms in total. The van der Waals surface area contributed by atoms with Crippen LogP contribution in [0.1, 0.15) is 25.7 Å². The second kappa shape index (κ2) is 7.04. The maximum absolute atomic E-state index is 11.7. The van der Waals surface area contributed by atoms with Gasteiger partial charge in [-0.1, -0.05) is 23.4 Å². The Hall–Kier alpha value is -1.01. The number of rotatable bonds is 4. The lowest BCUT2D eigenvalue weighted by atomic mass is 9.96. The predicted molar refractivity (Wildman–Crippen MR) is 89.6 cm³/mol. The van der Waals surface area contributed by atoms with Crippen molar-refractivity contribution >= 4 is 35.1 Å². The topological polar surface area (TPSA) is 49.3 Å². The Bertz CT molecular complexity index is 548. The van der Waals surface area contributed by atoms with Crippen molar-refractivity contribution in [3.8, 4) is 0 Å². The van der Waals surface area contributed by atoms with Crippen LogP contribution in [0.5, 0.6) is 0 Å². The first-order chi connectivity index (χ1) is 10.7. The third-order valence-electron chi connectivity index (χ3n) is 4.43. The number of piperidine rings is 1. The quantitative estimate of drug-likeness (QED) is 0.479. The zero-order valence-corrected chi connectivity index (χ0v) is 14.4. The van der Waals surface area contributed by atoms with Gasteiger partial charge in [0.05, 0.1) is 0 Å². The maximum atomic E-state index is 11.7. The molecule has 0 aliphatic carbocycles. The van der Waals surface area contributed by atoms with Crippen LogP contribution in [0.3, 0.4) is 0 Å². The van der Waals surface area contributed by atoms with Gasteiger partial charge in [0, 0.05) is 38.7 Å². The lowest BCUT2D eigenvalue weighted by Crippen LogP contribution is -2.39. The van der Waals surface area contributed by atoms with Gasteiger partial charge in [-0.2, -0.15) is 0 Å². The number of likely N-dealkylation sites (tertiary alicyclic amines) is 1. The largest absolute Gasteiger partial charge is 0.356 e. The van der Waals surface area contributed by atoms with Crippen LogP contribution < -0.4 is 4.90 Å². The van der Waals surface area contributed by atoms with E-state index in [4.69, 9.17) is 11.6 Å². The van der Waals surface area contributed by atoms with E-state index in [1.165, 1.54) is 11.8 Å². The third kappa shape index (κ3) is 3.66. The third-order valence-corrected chi connectivity index (χ3v) is 5.17. The molecule has 2 saturated heterocycles. The lowest BCUT2D eigenvalue weighted by molar-refractivity contribution is -0.128. The molecular weight excluding hydrogens is 320 g/mol. The first kappa shape index (κ1) is 15.9. The normalized spacial score (nSPS) is 20.0. The van der Waals surface area contributed by atoms with Gasteiger partial charge < -0.3 is 9.80 Å². The Morgan fingerprint density at radius 3 is 2.73 bits per heavy atom. The van der Waals surface area contributed by atoms with Crippen molar-refractivity contribution < 1.29 is 4.79 Å². The Morgan fingerprint density at radius 2 is 2.09 bits per heavy atom. The molecule has 2 fully saturated rings. The van der Waals surface area contributed by atoms with E-state index in [0.717, 1.165) is 57.7 Å². The fraction of sp³-hybridized carbons (Fsp3) is 0.667. The summed E-state index contributed by atoms with van der Waals surface area (Å²) in [5.41, 5.74) is 0. The molecule has 1 amide bonds. The minimum absolute atomic E-state index is 0.328. The highest BCUT2D eigenvalue weighted by atomic mass is 35.5. The highest BCUT2D eigenvalue weighted by Gasteiger charge is 2.26. The van der Waals surface area contributed by atoms with Crippen LogP contribution >= 0.6 is 23.4 Å². The summed E-state index contributed by atoms with van der Waals surface area (Å²) in [6, 6.07) is 1.84. The second-order valence-electron chi connectivity index (χ2n) is 5.91. The van der Waals surface area contributed by atoms with Crippen molar-refractivity contribution in [1.29, 1.82) is 0 Å². The fourth-order valence-electron chi connectivity index (χ4n) is 3.19. The van der Waals surface area contributed by atoms with E-state index in [0.29, 0.717) is 22.1 Å². The number of halogens is 1. The van der Waals surface area contributed by atoms with Crippen LogP contribution in [0.15, 0.2) is 11.2 Å². The Labute approximate surface area is 140 Å². The molecule has 0 atom stereocenters. The fourth-order valence-corrected chi connectivity index (χ4v) is 3.79. The van der Waals surface area contributed by atoms with Gasteiger partial charge in [-0.15, -0.1) is 0 Å². The van der Waals surface area contributed by atoms with Gasteiger partial charge in [-0.3, -0.25) is 4.79 Å². The summed E-state index contributed by atoms with van der Waals surface area (Å²) < 4.78 is 0. The number of anilines is 1. The summed E-state index contributed by atoms with van der Waals surface area (Å²) in [5, 5.41) is 1.21. The Balaban J connectivity index is 1.57. The molecule has 120 valence electrons. The molecule has 0 unspecified atom stereocenters. The van der Waals surface area contributed by atoms with E-state index in [9.17, 15) is 4.79 Å². The van der Waals surface area contributed by atoms with Gasteiger partial charge in [0.2, 0.25) is 5.91 Å². The average Bonchev–Trinajstić information content (AvgIpc) is 2.92. The Morgan fingerprint density at radius 1 is 1.32 bits per heavy atom. The monoisotopic (exact) mass is 340 g/mol. The lowest BCUT2D eigenvalue weighted by Gasteiger charge is -2.34. The molecule has 3 heterocycles. The Kier molecular flexibility index (Phi) is 5.08. The molecule has 0 bridgehead atoms. The van der Waals surface area contributed by atoms with E-state index in [-0.39, 0.29) is 0 Å². The molecule has 0 radical (unpaired) electrons. The molecule has 0 spiro atoms. The van der Waals surface area contributed by atoms with Crippen LogP contribution in [0.2, 0.25) is 5.15 Å². The van der Waals surface area contributed by atoms with Gasteiger partial charge in [0.15, 0.2) is 5.16 Å². The number of aromatic nitrogens is 2. The van der Waals surface area contributed by atoms with E-state index >= 15 is 0 Å². The van der Waals surface area contributed by atoms with Crippen LogP contribution in [-0.2, 0) is 4.79 Å². The van der Waals surface area contributed by atoms with Gasteiger partial charge >= 0.3 is 0 Å². The zero-order chi connectivity index (χ0) is 15.5. The molecule has 3 rings (SSSR count). The first-order valence-electron chi connectivity index (χ1n) is 7.77. The van der Waals surface area contributed by atoms with Gasteiger partial charge in [-0.25, -0.2) is 9.97 Å². The number of hydrogen-bond acceptors (Lipinski definition) is 5. The van der Waals surface area contributed by atoms with Crippen molar-refractivity contribution in [3.05, 3.63) is 11.2 Å². The van der Waals surface area contributed by atoms with Crippen LogP contribution in [0, 0.1) is 5.92 Å². The molecule has 2 aliphatic heterocycles. The van der Waals surface area contributed by atoms with Gasteiger partial charge in [0.1, 0.15) is 11.0 Å². The van der Waals surface area contributed by atoms with Crippen molar-refractivity contribution in [2.24, 2.45) is 5.92 Å².